The number of likely N-dealkylation sites (N-methyl/N-ethyl adjacent to an activating group) is 1. The zero-order valence-corrected chi connectivity index (χ0v) is 21.2. The fourth-order valence-electron chi connectivity index (χ4n) is 4.32. The number of aliphatic hydroxyl groups excluding tert-OH is 1. The molecule has 0 spiro atoms. The second-order valence-corrected chi connectivity index (χ2v) is 9.58. The Morgan fingerprint density at radius 2 is 1.50 bits per heavy atom. The molecule has 0 aromatic carbocycles. The molecule has 1 atom stereocenters. The molecular weight excluding hydrogens is 394 g/mol. The zero-order chi connectivity index (χ0) is 23.3. The van der Waals surface area contributed by atoms with Crippen LogP contribution in [0.15, 0.2) is 36.1 Å². The number of allylic oxidation sites excluding steroid dienone is 4. The van der Waals surface area contributed by atoms with Crippen LogP contribution in [0.25, 0.3) is 0 Å². The maximum Gasteiger partial charge on any atom is 0.253 e. The van der Waals surface area contributed by atoms with Crippen LogP contribution >= 0.6 is 0 Å². The standard InChI is InChI=1S/C29H51NO2/c1-3-4-5-6-7-8-10-13-19-24-28(31)25-20-14-11-9-12-15-21-26-30(2)29(32)27-22-17-16-18-23-27/h16-17,21-22,26,28,31H,3-15,18-20,23-25H2,1-2H3/b26-21+. The second kappa shape index (κ2) is 20.3. The summed E-state index contributed by atoms with van der Waals surface area (Å²) >= 11 is 0. The van der Waals surface area contributed by atoms with E-state index in [2.05, 4.69) is 19.1 Å². The summed E-state index contributed by atoms with van der Waals surface area (Å²) in [5, 5.41) is 10.2. The van der Waals surface area contributed by atoms with Crippen molar-refractivity contribution in [3.05, 3.63) is 36.1 Å². The molecule has 0 aromatic heterocycles. The van der Waals surface area contributed by atoms with Gasteiger partial charge in [-0.1, -0.05) is 115 Å². The largest absolute Gasteiger partial charge is 0.393 e. The van der Waals surface area contributed by atoms with Crippen molar-refractivity contribution in [3.63, 3.8) is 0 Å². The number of nitrogens with zero attached hydrogens (tertiary/aromatic N) is 1. The number of carbonyl (C=O) groups is 1. The van der Waals surface area contributed by atoms with Gasteiger partial charge in [-0.05, 0) is 38.5 Å². The van der Waals surface area contributed by atoms with Gasteiger partial charge in [-0.25, -0.2) is 0 Å². The normalized spacial score (nSPS) is 14.7. The van der Waals surface area contributed by atoms with Crippen LogP contribution in [-0.2, 0) is 4.79 Å². The topological polar surface area (TPSA) is 40.5 Å². The predicted octanol–water partition coefficient (Wildman–Crippen LogP) is 8.25. The highest BCUT2D eigenvalue weighted by Crippen LogP contribution is 2.16. The van der Waals surface area contributed by atoms with E-state index >= 15 is 0 Å². The number of aliphatic hydroxyl groups is 1. The van der Waals surface area contributed by atoms with E-state index in [0.717, 1.165) is 44.1 Å². The third-order valence-electron chi connectivity index (χ3n) is 6.49. The molecule has 184 valence electrons. The minimum Gasteiger partial charge on any atom is -0.393 e. The highest BCUT2D eigenvalue weighted by molar-refractivity contribution is 5.94. The molecule has 1 aliphatic carbocycles. The van der Waals surface area contributed by atoms with Crippen molar-refractivity contribution in [3.8, 4) is 0 Å². The maximum absolute atomic E-state index is 12.3. The third kappa shape index (κ3) is 15.5. The lowest BCUT2D eigenvalue weighted by molar-refractivity contribution is -0.123. The molecule has 1 rings (SSSR count). The molecule has 0 aromatic rings. The monoisotopic (exact) mass is 445 g/mol. The maximum atomic E-state index is 12.3. The van der Waals surface area contributed by atoms with Gasteiger partial charge in [0.1, 0.15) is 0 Å². The van der Waals surface area contributed by atoms with Gasteiger partial charge in [0.15, 0.2) is 0 Å². The summed E-state index contributed by atoms with van der Waals surface area (Å²) in [6, 6.07) is 0. The molecule has 0 aliphatic heterocycles. The van der Waals surface area contributed by atoms with Crippen LogP contribution < -0.4 is 0 Å². The fraction of sp³-hybridized carbons (Fsp3) is 0.759. The average molecular weight is 446 g/mol. The third-order valence-corrected chi connectivity index (χ3v) is 6.49. The van der Waals surface area contributed by atoms with E-state index in [9.17, 15) is 9.90 Å². The minimum atomic E-state index is -0.0923. The predicted molar refractivity (Wildman–Crippen MR) is 139 cm³/mol. The van der Waals surface area contributed by atoms with E-state index in [0.29, 0.717) is 0 Å². The first-order valence-electron chi connectivity index (χ1n) is 13.6. The molecule has 3 nitrogen and oxygen atoms in total. The highest BCUT2D eigenvalue weighted by atomic mass is 16.3. The Labute approximate surface area is 199 Å². The Hall–Kier alpha value is -1.35. The van der Waals surface area contributed by atoms with E-state index in [1.807, 2.05) is 25.4 Å². The quantitative estimate of drug-likeness (QED) is 0.192. The SMILES string of the molecule is CCCCCCCCCCCC(O)CCCCCCC/C=C/N(C)C(=O)C1=CC=CCC1. The number of hydrogen-bond acceptors (Lipinski definition) is 2. The first-order chi connectivity index (χ1) is 15.6. The Bertz CT molecular complexity index is 549. The number of carbonyl (C=O) groups excluding carboxylic acids is 1. The van der Waals surface area contributed by atoms with Crippen LogP contribution in [0.1, 0.15) is 129 Å². The molecular formula is C29H51NO2. The molecule has 0 heterocycles. The summed E-state index contributed by atoms with van der Waals surface area (Å²) in [5.74, 6) is 0.117. The lowest BCUT2D eigenvalue weighted by Gasteiger charge is -2.15. The zero-order valence-electron chi connectivity index (χ0n) is 21.2. The Morgan fingerprint density at radius 3 is 2.06 bits per heavy atom. The number of rotatable bonds is 20. The van der Waals surface area contributed by atoms with Crippen molar-refractivity contribution in [1.82, 2.24) is 4.90 Å². The summed E-state index contributed by atoms with van der Waals surface area (Å²) in [4.78, 5) is 14.0. The first-order valence-corrected chi connectivity index (χ1v) is 13.6. The lowest BCUT2D eigenvalue weighted by Crippen LogP contribution is -2.23. The van der Waals surface area contributed by atoms with Crippen molar-refractivity contribution in [2.75, 3.05) is 7.05 Å². The van der Waals surface area contributed by atoms with Crippen molar-refractivity contribution >= 4 is 5.91 Å². The Balaban J connectivity index is 1.88. The molecule has 0 saturated heterocycles. The molecule has 1 amide bonds. The van der Waals surface area contributed by atoms with Gasteiger partial charge in [-0.3, -0.25) is 4.79 Å². The van der Waals surface area contributed by atoms with Gasteiger partial charge in [0.2, 0.25) is 0 Å². The van der Waals surface area contributed by atoms with E-state index in [-0.39, 0.29) is 12.0 Å². The Morgan fingerprint density at radius 1 is 0.938 bits per heavy atom. The van der Waals surface area contributed by atoms with Crippen LogP contribution in [0.2, 0.25) is 0 Å². The summed E-state index contributed by atoms with van der Waals surface area (Å²) in [5.41, 5.74) is 0.902. The van der Waals surface area contributed by atoms with Gasteiger partial charge < -0.3 is 10.0 Å². The molecule has 0 radical (unpaired) electrons. The highest BCUT2D eigenvalue weighted by Gasteiger charge is 2.12. The molecule has 1 aliphatic rings. The summed E-state index contributed by atoms with van der Waals surface area (Å²) in [6.07, 6.45) is 32.9. The minimum absolute atomic E-state index is 0.0923. The summed E-state index contributed by atoms with van der Waals surface area (Å²) < 4.78 is 0. The van der Waals surface area contributed by atoms with Crippen LogP contribution in [0.3, 0.4) is 0 Å². The first kappa shape index (κ1) is 28.7. The van der Waals surface area contributed by atoms with E-state index in [1.54, 1.807) is 4.90 Å². The molecule has 1 unspecified atom stereocenters. The second-order valence-electron chi connectivity index (χ2n) is 9.58. The van der Waals surface area contributed by atoms with Gasteiger partial charge >= 0.3 is 0 Å². The van der Waals surface area contributed by atoms with Gasteiger partial charge in [0, 0.05) is 18.8 Å². The average Bonchev–Trinajstić information content (AvgIpc) is 2.81. The molecule has 1 N–H and O–H groups in total. The number of hydrogen-bond donors (Lipinski definition) is 1. The van der Waals surface area contributed by atoms with Gasteiger partial charge in [-0.2, -0.15) is 0 Å². The summed E-state index contributed by atoms with van der Waals surface area (Å²) in [7, 11) is 1.85. The van der Waals surface area contributed by atoms with Gasteiger partial charge in [0.25, 0.3) is 5.91 Å². The van der Waals surface area contributed by atoms with Crippen LogP contribution in [0, 0.1) is 0 Å². The van der Waals surface area contributed by atoms with Crippen LogP contribution in [0.5, 0.6) is 0 Å². The van der Waals surface area contributed by atoms with Crippen molar-refractivity contribution in [1.29, 1.82) is 0 Å². The van der Waals surface area contributed by atoms with E-state index in [4.69, 9.17) is 0 Å². The lowest BCUT2D eigenvalue weighted by atomic mass is 10.0. The Kier molecular flexibility index (Phi) is 18.2. The molecule has 32 heavy (non-hydrogen) atoms. The van der Waals surface area contributed by atoms with Gasteiger partial charge in [0.05, 0.1) is 6.10 Å². The van der Waals surface area contributed by atoms with Gasteiger partial charge in [-0.15, -0.1) is 0 Å². The smallest absolute Gasteiger partial charge is 0.253 e. The van der Waals surface area contributed by atoms with Crippen molar-refractivity contribution < 1.29 is 9.90 Å². The number of amides is 1. The molecule has 0 bridgehead atoms. The van der Waals surface area contributed by atoms with Crippen molar-refractivity contribution in [2.24, 2.45) is 0 Å². The van der Waals surface area contributed by atoms with E-state index in [1.165, 1.54) is 83.5 Å². The van der Waals surface area contributed by atoms with Crippen LogP contribution in [-0.4, -0.2) is 29.1 Å². The molecule has 3 heteroatoms. The van der Waals surface area contributed by atoms with Crippen LogP contribution in [0.4, 0.5) is 0 Å². The number of unbranched alkanes of at least 4 members (excludes halogenated alkanes) is 13. The summed E-state index contributed by atoms with van der Waals surface area (Å²) in [6.45, 7) is 2.27. The molecule has 0 saturated carbocycles. The van der Waals surface area contributed by atoms with Crippen molar-refractivity contribution in [2.45, 2.75) is 135 Å². The fourth-order valence-corrected chi connectivity index (χ4v) is 4.32. The molecule has 0 fully saturated rings. The van der Waals surface area contributed by atoms with E-state index < -0.39 is 0 Å².